The molecular weight excluding hydrogens is 343 g/mol. The van der Waals surface area contributed by atoms with Crippen molar-refractivity contribution in [3.63, 3.8) is 0 Å². The van der Waals surface area contributed by atoms with Gasteiger partial charge in [0, 0.05) is 45.2 Å². The van der Waals surface area contributed by atoms with Crippen molar-refractivity contribution in [3.8, 4) is 0 Å². The molecule has 0 aromatic carbocycles. The predicted octanol–water partition coefficient (Wildman–Crippen LogP) is 3.35. The van der Waals surface area contributed by atoms with Crippen LogP contribution in [0.5, 0.6) is 0 Å². The lowest BCUT2D eigenvalue weighted by Crippen LogP contribution is -2.49. The Morgan fingerprint density at radius 3 is 2.67 bits per heavy atom. The zero-order valence-electron chi connectivity index (χ0n) is 13.2. The molecule has 132 valence electrons. The first-order chi connectivity index (χ1) is 11.4. The standard InChI is InChI=1S/C16H19ClF3N3O/c17-12-8-13(18)14(21-9-12)23-5-1-2-11(10-23)15(24)22-6-3-16(19,20)4-7-22/h8-9,11H,1-7,10H2. The highest BCUT2D eigenvalue weighted by molar-refractivity contribution is 6.30. The van der Waals surface area contributed by atoms with E-state index in [1.165, 1.54) is 17.2 Å². The maximum atomic E-state index is 14.0. The molecule has 2 saturated heterocycles. The minimum atomic E-state index is -2.67. The number of anilines is 1. The lowest BCUT2D eigenvalue weighted by atomic mass is 9.95. The highest BCUT2D eigenvalue weighted by Crippen LogP contribution is 2.30. The van der Waals surface area contributed by atoms with Gasteiger partial charge in [-0.2, -0.15) is 0 Å². The van der Waals surface area contributed by atoms with Crippen LogP contribution in [-0.2, 0) is 4.79 Å². The quantitative estimate of drug-likeness (QED) is 0.810. The first-order valence-electron chi connectivity index (χ1n) is 8.08. The fourth-order valence-electron chi connectivity index (χ4n) is 3.32. The molecule has 24 heavy (non-hydrogen) atoms. The molecule has 1 amide bonds. The van der Waals surface area contributed by atoms with Gasteiger partial charge in [-0.25, -0.2) is 18.2 Å². The molecule has 0 spiro atoms. The van der Waals surface area contributed by atoms with E-state index < -0.39 is 11.7 Å². The van der Waals surface area contributed by atoms with Crippen LogP contribution in [0, 0.1) is 11.7 Å². The van der Waals surface area contributed by atoms with Crippen LogP contribution in [-0.4, -0.2) is 47.9 Å². The van der Waals surface area contributed by atoms with E-state index in [-0.39, 0.29) is 48.6 Å². The van der Waals surface area contributed by atoms with Crippen molar-refractivity contribution in [2.45, 2.75) is 31.6 Å². The average molecular weight is 362 g/mol. The van der Waals surface area contributed by atoms with E-state index in [4.69, 9.17) is 11.6 Å². The van der Waals surface area contributed by atoms with Crippen molar-refractivity contribution in [3.05, 3.63) is 23.1 Å². The van der Waals surface area contributed by atoms with Crippen LogP contribution in [0.2, 0.25) is 5.02 Å². The summed E-state index contributed by atoms with van der Waals surface area (Å²) in [7, 11) is 0. The molecular formula is C16H19ClF3N3O. The number of alkyl halides is 2. The van der Waals surface area contributed by atoms with Crippen LogP contribution >= 0.6 is 11.6 Å². The van der Waals surface area contributed by atoms with E-state index in [0.717, 1.165) is 6.42 Å². The van der Waals surface area contributed by atoms with Gasteiger partial charge >= 0.3 is 0 Å². The van der Waals surface area contributed by atoms with Crippen LogP contribution in [0.4, 0.5) is 19.0 Å². The molecule has 1 atom stereocenters. The van der Waals surface area contributed by atoms with Gasteiger partial charge in [0.25, 0.3) is 5.92 Å². The summed E-state index contributed by atoms with van der Waals surface area (Å²) in [4.78, 5) is 19.9. The number of amides is 1. The molecule has 0 saturated carbocycles. The number of hydrogen-bond donors (Lipinski definition) is 0. The van der Waals surface area contributed by atoms with E-state index in [1.54, 1.807) is 4.90 Å². The van der Waals surface area contributed by atoms with Gasteiger partial charge in [0.15, 0.2) is 11.6 Å². The van der Waals surface area contributed by atoms with E-state index in [0.29, 0.717) is 19.5 Å². The molecule has 0 N–H and O–H groups in total. The number of hydrogen-bond acceptors (Lipinski definition) is 3. The van der Waals surface area contributed by atoms with Crippen molar-refractivity contribution < 1.29 is 18.0 Å². The zero-order valence-corrected chi connectivity index (χ0v) is 13.9. The molecule has 2 fully saturated rings. The number of carbonyl (C=O) groups is 1. The van der Waals surface area contributed by atoms with Gasteiger partial charge in [0.05, 0.1) is 10.9 Å². The highest BCUT2D eigenvalue weighted by atomic mass is 35.5. The minimum Gasteiger partial charge on any atom is -0.353 e. The molecule has 3 rings (SSSR count). The fraction of sp³-hybridized carbons (Fsp3) is 0.625. The third-order valence-corrected chi connectivity index (χ3v) is 4.87. The van der Waals surface area contributed by atoms with Gasteiger partial charge in [-0.1, -0.05) is 11.6 Å². The molecule has 0 bridgehead atoms. The number of aromatic nitrogens is 1. The zero-order chi connectivity index (χ0) is 17.3. The third kappa shape index (κ3) is 3.77. The Morgan fingerprint density at radius 1 is 1.29 bits per heavy atom. The Labute approximate surface area is 143 Å². The lowest BCUT2D eigenvalue weighted by Gasteiger charge is -2.38. The van der Waals surface area contributed by atoms with Crippen molar-refractivity contribution in [2.75, 3.05) is 31.1 Å². The Balaban J connectivity index is 1.66. The van der Waals surface area contributed by atoms with Crippen molar-refractivity contribution >= 4 is 23.3 Å². The van der Waals surface area contributed by atoms with Crippen molar-refractivity contribution in [1.29, 1.82) is 0 Å². The summed E-state index contributed by atoms with van der Waals surface area (Å²) in [6.07, 6.45) is 2.20. The molecule has 1 unspecified atom stereocenters. The summed E-state index contributed by atoms with van der Waals surface area (Å²) in [6, 6.07) is 1.20. The van der Waals surface area contributed by atoms with Gasteiger partial charge in [0.1, 0.15) is 0 Å². The Bertz CT molecular complexity index is 619. The molecule has 4 nitrogen and oxygen atoms in total. The molecule has 2 aliphatic heterocycles. The van der Waals surface area contributed by atoms with Crippen molar-refractivity contribution in [2.24, 2.45) is 5.92 Å². The molecule has 1 aromatic rings. The minimum absolute atomic E-state index is 0.0793. The summed E-state index contributed by atoms with van der Waals surface area (Å²) in [5.41, 5.74) is 0. The Morgan fingerprint density at radius 2 is 2.00 bits per heavy atom. The van der Waals surface area contributed by atoms with E-state index >= 15 is 0 Å². The number of halogens is 4. The van der Waals surface area contributed by atoms with Crippen LogP contribution in [0.15, 0.2) is 12.3 Å². The smallest absolute Gasteiger partial charge is 0.251 e. The van der Waals surface area contributed by atoms with Crippen LogP contribution in [0.25, 0.3) is 0 Å². The second-order valence-electron chi connectivity index (χ2n) is 6.43. The summed E-state index contributed by atoms with van der Waals surface area (Å²) in [5.74, 6) is -3.45. The molecule has 8 heteroatoms. The number of pyridine rings is 1. The molecule has 0 aliphatic carbocycles. The second kappa shape index (κ2) is 6.78. The van der Waals surface area contributed by atoms with Gasteiger partial charge in [0.2, 0.25) is 5.91 Å². The number of likely N-dealkylation sites (tertiary alicyclic amines) is 1. The van der Waals surface area contributed by atoms with E-state index in [9.17, 15) is 18.0 Å². The normalized spacial score (nSPS) is 24.1. The Hall–Kier alpha value is -1.50. The molecule has 2 aliphatic rings. The number of carbonyl (C=O) groups excluding carboxylic acids is 1. The SMILES string of the molecule is O=C(C1CCCN(c2ncc(Cl)cc2F)C1)N1CCC(F)(F)CC1. The van der Waals surface area contributed by atoms with Gasteiger partial charge in [-0.15, -0.1) is 0 Å². The van der Waals surface area contributed by atoms with E-state index in [1.807, 2.05) is 0 Å². The van der Waals surface area contributed by atoms with Gasteiger partial charge in [-0.3, -0.25) is 4.79 Å². The number of nitrogens with zero attached hydrogens (tertiary/aromatic N) is 3. The average Bonchev–Trinajstić information content (AvgIpc) is 2.54. The topological polar surface area (TPSA) is 36.4 Å². The third-order valence-electron chi connectivity index (χ3n) is 4.67. The van der Waals surface area contributed by atoms with Crippen LogP contribution in [0.3, 0.4) is 0 Å². The Kier molecular flexibility index (Phi) is 4.90. The number of piperidine rings is 2. The second-order valence-corrected chi connectivity index (χ2v) is 6.86. The molecule has 3 heterocycles. The monoisotopic (exact) mass is 361 g/mol. The summed E-state index contributed by atoms with van der Waals surface area (Å²) in [6.45, 7) is 1.11. The molecule has 0 radical (unpaired) electrons. The first-order valence-corrected chi connectivity index (χ1v) is 8.46. The lowest BCUT2D eigenvalue weighted by molar-refractivity contribution is -0.141. The predicted molar refractivity (Wildman–Crippen MR) is 84.9 cm³/mol. The van der Waals surface area contributed by atoms with Crippen molar-refractivity contribution in [1.82, 2.24) is 9.88 Å². The van der Waals surface area contributed by atoms with Crippen LogP contribution < -0.4 is 4.90 Å². The summed E-state index contributed by atoms with van der Waals surface area (Å²) in [5, 5.41) is 0.218. The fourth-order valence-corrected chi connectivity index (χ4v) is 3.47. The number of rotatable bonds is 2. The molecule has 1 aromatic heterocycles. The van der Waals surface area contributed by atoms with Gasteiger partial charge < -0.3 is 9.80 Å². The maximum absolute atomic E-state index is 14.0. The summed E-state index contributed by atoms with van der Waals surface area (Å²) < 4.78 is 40.5. The van der Waals surface area contributed by atoms with Gasteiger partial charge in [-0.05, 0) is 18.9 Å². The first kappa shape index (κ1) is 17.3. The van der Waals surface area contributed by atoms with Crippen LogP contribution in [0.1, 0.15) is 25.7 Å². The highest BCUT2D eigenvalue weighted by Gasteiger charge is 2.38. The largest absolute Gasteiger partial charge is 0.353 e. The summed E-state index contributed by atoms with van der Waals surface area (Å²) >= 11 is 5.72. The maximum Gasteiger partial charge on any atom is 0.251 e. The van der Waals surface area contributed by atoms with E-state index in [2.05, 4.69) is 4.98 Å².